The number of aryl methyl sites for hydroxylation is 3. The molecule has 0 spiro atoms. The Balaban J connectivity index is 1.25. The van der Waals surface area contributed by atoms with Gasteiger partial charge in [0.05, 0.1) is 11.4 Å². The summed E-state index contributed by atoms with van der Waals surface area (Å²) in [4.78, 5) is 16.7. The molecule has 4 aromatic rings. The van der Waals surface area contributed by atoms with Crippen molar-refractivity contribution < 1.29 is 9.53 Å². The van der Waals surface area contributed by atoms with Crippen molar-refractivity contribution >= 4 is 5.91 Å². The zero-order valence-electron chi connectivity index (χ0n) is 18.6. The highest BCUT2D eigenvalue weighted by Crippen LogP contribution is 2.15. The number of aromatic nitrogens is 4. The molecule has 32 heavy (non-hydrogen) atoms. The third-order valence-corrected chi connectivity index (χ3v) is 5.30. The van der Waals surface area contributed by atoms with Crippen LogP contribution in [0.5, 0.6) is 5.75 Å². The second-order valence-electron chi connectivity index (χ2n) is 7.78. The first-order chi connectivity index (χ1) is 15.5. The minimum absolute atomic E-state index is 0.0973. The number of amides is 1. The lowest BCUT2D eigenvalue weighted by Gasteiger charge is -2.09. The van der Waals surface area contributed by atoms with Crippen LogP contribution in [0.3, 0.4) is 0 Å². The molecule has 164 valence electrons. The van der Waals surface area contributed by atoms with E-state index in [-0.39, 0.29) is 5.91 Å². The van der Waals surface area contributed by atoms with Crippen LogP contribution >= 0.6 is 0 Å². The van der Waals surface area contributed by atoms with Crippen LogP contribution in [-0.4, -0.2) is 31.8 Å². The van der Waals surface area contributed by atoms with E-state index in [0.29, 0.717) is 24.5 Å². The standard InChI is InChI=1S/C25H27N5O2/c1-18-16-19(2)30(28-18)22-8-4-20(5-9-22)12-13-27-25(31)21-6-10-23(11-7-21)32-17-24-26-14-15-29(24)3/h4-11,14-16H,12-13,17H2,1-3H3,(H,27,31). The van der Waals surface area contributed by atoms with Gasteiger partial charge >= 0.3 is 0 Å². The van der Waals surface area contributed by atoms with Crippen LogP contribution in [0.4, 0.5) is 0 Å². The van der Waals surface area contributed by atoms with Crippen molar-refractivity contribution in [2.45, 2.75) is 26.9 Å². The van der Waals surface area contributed by atoms with Crippen molar-refractivity contribution in [1.29, 1.82) is 0 Å². The summed E-state index contributed by atoms with van der Waals surface area (Å²) >= 11 is 0. The monoisotopic (exact) mass is 429 g/mol. The molecule has 0 aliphatic carbocycles. The molecule has 2 aromatic heterocycles. The highest BCUT2D eigenvalue weighted by molar-refractivity contribution is 5.94. The maximum absolute atomic E-state index is 12.4. The van der Waals surface area contributed by atoms with Crippen molar-refractivity contribution in [2.24, 2.45) is 7.05 Å². The maximum atomic E-state index is 12.4. The minimum atomic E-state index is -0.0973. The van der Waals surface area contributed by atoms with Crippen LogP contribution in [0, 0.1) is 13.8 Å². The second-order valence-corrected chi connectivity index (χ2v) is 7.78. The molecule has 2 aromatic carbocycles. The molecule has 7 heteroatoms. The molecule has 1 amide bonds. The third kappa shape index (κ3) is 5.06. The van der Waals surface area contributed by atoms with E-state index in [2.05, 4.69) is 45.7 Å². The predicted octanol–water partition coefficient (Wildman–Crippen LogP) is 3.77. The number of rotatable bonds is 8. The molecule has 1 N–H and O–H groups in total. The van der Waals surface area contributed by atoms with Gasteiger partial charge in [0.15, 0.2) is 0 Å². The SMILES string of the molecule is Cc1cc(C)n(-c2ccc(CCNC(=O)c3ccc(OCc4nccn4C)cc3)cc2)n1. The quantitative estimate of drug-likeness (QED) is 0.463. The van der Waals surface area contributed by atoms with Gasteiger partial charge in [-0.05, 0) is 68.3 Å². The van der Waals surface area contributed by atoms with Crippen LogP contribution in [0.25, 0.3) is 5.69 Å². The van der Waals surface area contributed by atoms with Gasteiger partial charge < -0.3 is 14.6 Å². The average Bonchev–Trinajstić information content (AvgIpc) is 3.36. The molecular weight excluding hydrogens is 402 g/mol. The Morgan fingerprint density at radius 2 is 1.81 bits per heavy atom. The molecule has 0 radical (unpaired) electrons. The Morgan fingerprint density at radius 3 is 2.44 bits per heavy atom. The minimum Gasteiger partial charge on any atom is -0.486 e. The van der Waals surface area contributed by atoms with Gasteiger partial charge in [-0.25, -0.2) is 9.67 Å². The van der Waals surface area contributed by atoms with Crippen molar-refractivity contribution in [1.82, 2.24) is 24.6 Å². The first kappa shape index (κ1) is 21.4. The molecule has 0 atom stereocenters. The summed E-state index contributed by atoms with van der Waals surface area (Å²) in [6, 6.07) is 17.5. The van der Waals surface area contributed by atoms with E-state index in [0.717, 1.165) is 34.9 Å². The van der Waals surface area contributed by atoms with Gasteiger partial charge in [-0.2, -0.15) is 5.10 Å². The van der Waals surface area contributed by atoms with Crippen molar-refractivity contribution in [3.63, 3.8) is 0 Å². The van der Waals surface area contributed by atoms with Crippen LogP contribution in [0.1, 0.15) is 33.1 Å². The van der Waals surface area contributed by atoms with Crippen LogP contribution in [-0.2, 0) is 20.1 Å². The fraction of sp³-hybridized carbons (Fsp3) is 0.240. The van der Waals surface area contributed by atoms with Gasteiger partial charge in [0.25, 0.3) is 5.91 Å². The van der Waals surface area contributed by atoms with Crippen molar-refractivity contribution in [2.75, 3.05) is 6.54 Å². The lowest BCUT2D eigenvalue weighted by atomic mass is 10.1. The number of nitrogens with one attached hydrogen (secondary N) is 1. The number of hydrogen-bond donors (Lipinski definition) is 1. The van der Waals surface area contributed by atoms with Gasteiger partial charge in [0.2, 0.25) is 0 Å². The lowest BCUT2D eigenvalue weighted by Crippen LogP contribution is -2.25. The summed E-state index contributed by atoms with van der Waals surface area (Å²) in [6.07, 6.45) is 4.37. The zero-order chi connectivity index (χ0) is 22.5. The van der Waals surface area contributed by atoms with Crippen molar-refractivity contribution in [3.05, 3.63) is 95.3 Å². The number of imidazole rings is 1. The number of nitrogens with zero attached hydrogens (tertiary/aromatic N) is 4. The maximum Gasteiger partial charge on any atom is 0.251 e. The molecule has 0 fully saturated rings. The van der Waals surface area contributed by atoms with Crippen LogP contribution in [0.15, 0.2) is 67.0 Å². The predicted molar refractivity (Wildman–Crippen MR) is 123 cm³/mol. The molecule has 0 saturated heterocycles. The molecular formula is C25H27N5O2. The highest BCUT2D eigenvalue weighted by atomic mass is 16.5. The Hall–Kier alpha value is -3.87. The molecule has 4 rings (SSSR count). The number of benzene rings is 2. The van der Waals surface area contributed by atoms with E-state index in [9.17, 15) is 4.79 Å². The molecule has 0 unspecified atom stereocenters. The average molecular weight is 430 g/mol. The molecule has 0 aliphatic rings. The topological polar surface area (TPSA) is 74.0 Å². The van der Waals surface area contributed by atoms with Crippen molar-refractivity contribution in [3.8, 4) is 11.4 Å². The van der Waals surface area contributed by atoms with Gasteiger partial charge in [-0.1, -0.05) is 12.1 Å². The molecule has 0 aliphatic heterocycles. The number of carbonyl (C=O) groups excluding carboxylic acids is 1. The second kappa shape index (κ2) is 9.51. The lowest BCUT2D eigenvalue weighted by molar-refractivity contribution is 0.0954. The molecule has 0 bridgehead atoms. The fourth-order valence-corrected chi connectivity index (χ4v) is 3.50. The zero-order valence-corrected chi connectivity index (χ0v) is 18.6. The van der Waals surface area contributed by atoms with Gasteiger partial charge in [0.1, 0.15) is 18.2 Å². The Bertz CT molecular complexity index is 1190. The first-order valence-corrected chi connectivity index (χ1v) is 10.6. The first-order valence-electron chi connectivity index (χ1n) is 10.6. The van der Waals surface area contributed by atoms with E-state index >= 15 is 0 Å². The molecule has 7 nitrogen and oxygen atoms in total. The summed E-state index contributed by atoms with van der Waals surface area (Å²) in [5.41, 5.74) is 4.91. The summed E-state index contributed by atoms with van der Waals surface area (Å²) < 4.78 is 9.58. The van der Waals surface area contributed by atoms with Gasteiger partial charge in [0, 0.05) is 37.2 Å². The summed E-state index contributed by atoms with van der Waals surface area (Å²) in [6.45, 7) is 4.98. The molecule has 2 heterocycles. The normalized spacial score (nSPS) is 10.8. The number of carbonyl (C=O) groups is 1. The van der Waals surface area contributed by atoms with E-state index in [1.165, 1.54) is 0 Å². The van der Waals surface area contributed by atoms with Gasteiger partial charge in [-0.15, -0.1) is 0 Å². The van der Waals surface area contributed by atoms with E-state index < -0.39 is 0 Å². The Kier molecular flexibility index (Phi) is 6.35. The number of ether oxygens (including phenoxy) is 1. The third-order valence-electron chi connectivity index (χ3n) is 5.30. The Morgan fingerprint density at radius 1 is 1.06 bits per heavy atom. The smallest absolute Gasteiger partial charge is 0.251 e. The van der Waals surface area contributed by atoms with Crippen LogP contribution in [0.2, 0.25) is 0 Å². The highest BCUT2D eigenvalue weighted by Gasteiger charge is 2.07. The number of hydrogen-bond acceptors (Lipinski definition) is 4. The van der Waals surface area contributed by atoms with E-state index in [1.807, 2.05) is 36.3 Å². The summed E-state index contributed by atoms with van der Waals surface area (Å²) in [7, 11) is 1.93. The van der Waals surface area contributed by atoms with Crippen LogP contribution < -0.4 is 10.1 Å². The fourth-order valence-electron chi connectivity index (χ4n) is 3.50. The summed E-state index contributed by atoms with van der Waals surface area (Å²) in [5, 5.41) is 7.49. The molecule has 0 saturated carbocycles. The summed E-state index contributed by atoms with van der Waals surface area (Å²) in [5.74, 6) is 1.45. The van der Waals surface area contributed by atoms with Gasteiger partial charge in [-0.3, -0.25) is 4.79 Å². The van der Waals surface area contributed by atoms with E-state index in [4.69, 9.17) is 4.74 Å². The van der Waals surface area contributed by atoms with E-state index in [1.54, 1.807) is 30.5 Å². The Labute approximate surface area is 187 Å². The largest absolute Gasteiger partial charge is 0.486 e.